The van der Waals surface area contributed by atoms with Gasteiger partial charge in [0.1, 0.15) is 11.5 Å². The summed E-state index contributed by atoms with van der Waals surface area (Å²) >= 11 is 0. The Morgan fingerprint density at radius 2 is 2.09 bits per heavy atom. The van der Waals surface area contributed by atoms with Crippen LogP contribution in [-0.4, -0.2) is 39.1 Å². The average molecular weight is 469 g/mol. The summed E-state index contributed by atoms with van der Waals surface area (Å²) in [6, 6.07) is 3.85. The van der Waals surface area contributed by atoms with Gasteiger partial charge in [-0.1, -0.05) is 12.7 Å². The van der Waals surface area contributed by atoms with Crippen LogP contribution < -0.4 is 4.74 Å². The monoisotopic (exact) mass is 468 g/mol. The van der Waals surface area contributed by atoms with Crippen molar-refractivity contribution < 1.29 is 19.7 Å². The smallest absolute Gasteiger partial charge is 0.127 e. The minimum Gasteiger partial charge on any atom is -0.508 e. The molecule has 2 N–H and O–H groups in total. The van der Waals surface area contributed by atoms with Crippen LogP contribution in [0.1, 0.15) is 76.8 Å². The first-order valence-electron chi connectivity index (χ1n) is 12.3. The summed E-state index contributed by atoms with van der Waals surface area (Å²) in [6.45, 7) is 13.9. The largest absolute Gasteiger partial charge is 0.508 e. The number of unbranched alkanes of at least 4 members (excludes halogenated alkanes) is 1. The molecule has 3 rings (SSSR count). The highest BCUT2D eigenvalue weighted by atomic mass is 16.5. The average Bonchev–Trinajstić information content (AvgIpc) is 3.31. The second-order valence-corrected chi connectivity index (χ2v) is 9.98. The molecule has 0 bridgehead atoms. The third-order valence-corrected chi connectivity index (χ3v) is 6.62. The molecule has 0 amide bonds. The molecule has 1 aliphatic rings. The summed E-state index contributed by atoms with van der Waals surface area (Å²) in [5.41, 5.74) is 2.25. The number of aryl methyl sites for hydroxylation is 1. The minimum atomic E-state index is -0.502. The lowest BCUT2D eigenvalue weighted by atomic mass is 9.79. The molecule has 1 unspecified atom stereocenters. The summed E-state index contributed by atoms with van der Waals surface area (Å²) < 4.78 is 14.3. The second-order valence-electron chi connectivity index (χ2n) is 9.98. The van der Waals surface area contributed by atoms with Crippen molar-refractivity contribution in [2.24, 2.45) is 0 Å². The van der Waals surface area contributed by atoms with E-state index in [-0.39, 0.29) is 24.4 Å². The Bertz CT molecular complexity index is 977. The Hall–Kier alpha value is -2.73. The van der Waals surface area contributed by atoms with Gasteiger partial charge in [0.05, 0.1) is 31.4 Å². The van der Waals surface area contributed by atoms with Crippen LogP contribution in [0.15, 0.2) is 54.8 Å². The lowest BCUT2D eigenvalue weighted by Crippen LogP contribution is -2.23. The molecule has 1 aromatic carbocycles. The Morgan fingerprint density at radius 3 is 2.76 bits per heavy atom. The summed E-state index contributed by atoms with van der Waals surface area (Å²) in [7, 11) is 0. The van der Waals surface area contributed by atoms with Gasteiger partial charge in [-0.25, -0.2) is 4.98 Å². The van der Waals surface area contributed by atoms with Crippen LogP contribution >= 0.6 is 0 Å². The number of phenols is 1. The van der Waals surface area contributed by atoms with Crippen molar-refractivity contribution in [2.45, 2.75) is 83.8 Å². The molecule has 6 nitrogen and oxygen atoms in total. The maximum atomic E-state index is 11.1. The Labute approximate surface area is 203 Å². The molecule has 0 aliphatic heterocycles. The van der Waals surface area contributed by atoms with Gasteiger partial charge < -0.3 is 24.3 Å². The van der Waals surface area contributed by atoms with Crippen molar-refractivity contribution in [3.8, 4) is 11.5 Å². The first-order chi connectivity index (χ1) is 16.2. The fourth-order valence-corrected chi connectivity index (χ4v) is 4.45. The molecular formula is C28H40N2O4. The van der Waals surface area contributed by atoms with Crippen molar-refractivity contribution in [1.29, 1.82) is 0 Å². The van der Waals surface area contributed by atoms with Crippen molar-refractivity contribution in [2.75, 3.05) is 13.2 Å². The number of benzene rings is 1. The Balaban J connectivity index is 1.73. The van der Waals surface area contributed by atoms with Crippen LogP contribution in [0.5, 0.6) is 11.5 Å². The van der Waals surface area contributed by atoms with Crippen LogP contribution in [-0.2, 0) is 16.7 Å². The Kier molecular flexibility index (Phi) is 8.84. The van der Waals surface area contributed by atoms with E-state index in [9.17, 15) is 10.2 Å². The van der Waals surface area contributed by atoms with E-state index in [1.54, 1.807) is 6.20 Å². The number of ether oxygens (including phenoxy) is 2. The fraction of sp³-hybridized carbons (Fsp3) is 0.536. The molecule has 0 spiro atoms. The van der Waals surface area contributed by atoms with E-state index in [2.05, 4.69) is 36.1 Å². The lowest BCUT2D eigenvalue weighted by molar-refractivity contribution is 0.167. The molecule has 1 heterocycles. The van der Waals surface area contributed by atoms with Gasteiger partial charge in [-0.15, -0.1) is 0 Å². The van der Waals surface area contributed by atoms with Crippen LogP contribution in [0.3, 0.4) is 0 Å². The third kappa shape index (κ3) is 6.44. The molecule has 186 valence electrons. The van der Waals surface area contributed by atoms with Gasteiger partial charge in [0.25, 0.3) is 0 Å². The molecule has 1 aromatic heterocycles. The SMILES string of the molecule is C=C(OCCCCn1ccnc1)C(C)(C)c1cc(O)c(C2CCC=C(CO)C2)c(OC(C)C)c1. The highest BCUT2D eigenvalue weighted by Gasteiger charge is 2.31. The van der Waals surface area contributed by atoms with Crippen LogP contribution in [0, 0.1) is 0 Å². The zero-order valence-electron chi connectivity index (χ0n) is 21.1. The van der Waals surface area contributed by atoms with Crippen LogP contribution in [0.25, 0.3) is 0 Å². The standard InChI is InChI=1S/C28H40N2O4/c1-20(2)34-26-17-24(16-25(32)27(26)23-10-8-9-22(15-23)18-31)28(4,5)21(3)33-14-7-6-12-30-13-11-29-19-30/h9,11,13,16-17,19-20,23,31-32H,3,6-8,10,12,14-15,18H2,1-2,4-5H3. The number of hydrogen-bond donors (Lipinski definition) is 2. The van der Waals surface area contributed by atoms with E-state index in [1.807, 2.05) is 38.5 Å². The number of nitrogens with zero attached hydrogens (tertiary/aromatic N) is 2. The molecule has 0 saturated carbocycles. The molecular weight excluding hydrogens is 428 g/mol. The zero-order valence-corrected chi connectivity index (χ0v) is 21.1. The van der Waals surface area contributed by atoms with Crippen LogP contribution in [0.4, 0.5) is 0 Å². The number of aromatic hydroxyl groups is 1. The van der Waals surface area contributed by atoms with E-state index in [0.29, 0.717) is 18.1 Å². The predicted molar refractivity (Wildman–Crippen MR) is 135 cm³/mol. The van der Waals surface area contributed by atoms with E-state index in [0.717, 1.165) is 55.3 Å². The van der Waals surface area contributed by atoms with Crippen molar-refractivity contribution in [1.82, 2.24) is 9.55 Å². The van der Waals surface area contributed by atoms with Crippen molar-refractivity contribution in [3.05, 3.63) is 66.0 Å². The van der Waals surface area contributed by atoms with Gasteiger partial charge in [0, 0.05) is 29.9 Å². The third-order valence-electron chi connectivity index (χ3n) is 6.62. The van der Waals surface area contributed by atoms with Crippen molar-refractivity contribution in [3.63, 3.8) is 0 Å². The number of hydrogen-bond acceptors (Lipinski definition) is 5. The van der Waals surface area contributed by atoms with Gasteiger partial charge in [-0.2, -0.15) is 0 Å². The molecule has 34 heavy (non-hydrogen) atoms. The molecule has 2 aromatic rings. The maximum absolute atomic E-state index is 11.1. The first-order valence-corrected chi connectivity index (χ1v) is 12.3. The van der Waals surface area contributed by atoms with Gasteiger partial charge in [0.15, 0.2) is 0 Å². The number of imidazole rings is 1. The van der Waals surface area contributed by atoms with Crippen molar-refractivity contribution >= 4 is 0 Å². The molecule has 1 aliphatic carbocycles. The highest BCUT2D eigenvalue weighted by molar-refractivity contribution is 5.53. The number of rotatable bonds is 12. The fourth-order valence-electron chi connectivity index (χ4n) is 4.45. The summed E-state index contributed by atoms with van der Waals surface area (Å²) in [5, 5.41) is 20.8. The summed E-state index contributed by atoms with van der Waals surface area (Å²) in [4.78, 5) is 4.06. The molecule has 0 fully saturated rings. The summed E-state index contributed by atoms with van der Waals surface area (Å²) in [6.07, 6.45) is 12.1. The maximum Gasteiger partial charge on any atom is 0.127 e. The number of phenolic OH excluding ortho intramolecular Hbond substituents is 1. The molecule has 1 atom stereocenters. The van der Waals surface area contributed by atoms with E-state index < -0.39 is 5.41 Å². The lowest BCUT2D eigenvalue weighted by Gasteiger charge is -2.31. The van der Waals surface area contributed by atoms with Gasteiger partial charge in [-0.3, -0.25) is 0 Å². The summed E-state index contributed by atoms with van der Waals surface area (Å²) in [5.74, 6) is 1.72. The Morgan fingerprint density at radius 1 is 1.29 bits per heavy atom. The normalized spacial score (nSPS) is 16.4. The molecule has 0 saturated heterocycles. The molecule has 6 heteroatoms. The second kappa shape index (κ2) is 11.6. The van der Waals surface area contributed by atoms with E-state index in [1.165, 1.54) is 0 Å². The van der Waals surface area contributed by atoms with Crippen LogP contribution in [0.2, 0.25) is 0 Å². The first kappa shape index (κ1) is 25.9. The topological polar surface area (TPSA) is 76.7 Å². The zero-order chi connectivity index (χ0) is 24.7. The number of allylic oxidation sites excluding steroid dienone is 2. The van der Waals surface area contributed by atoms with Gasteiger partial charge in [0.2, 0.25) is 0 Å². The predicted octanol–water partition coefficient (Wildman–Crippen LogP) is 5.85. The minimum absolute atomic E-state index is 0.0251. The van der Waals surface area contributed by atoms with Gasteiger partial charge in [-0.05, 0) is 89.0 Å². The van der Waals surface area contributed by atoms with Gasteiger partial charge >= 0.3 is 0 Å². The number of aliphatic hydroxyl groups excluding tert-OH is 1. The molecule has 0 radical (unpaired) electrons. The van der Waals surface area contributed by atoms with E-state index in [4.69, 9.17) is 9.47 Å². The number of aromatic nitrogens is 2. The van der Waals surface area contributed by atoms with E-state index >= 15 is 0 Å². The quantitative estimate of drug-likeness (QED) is 0.232. The number of aliphatic hydroxyl groups is 1. The highest BCUT2D eigenvalue weighted by Crippen LogP contribution is 2.46.